The Bertz CT molecular complexity index is 87.6. The van der Waals surface area contributed by atoms with Gasteiger partial charge in [-0.1, -0.05) is 20.3 Å². The highest BCUT2D eigenvalue weighted by molar-refractivity contribution is 5.53. The predicted molar refractivity (Wildman–Crippen MR) is 47.6 cm³/mol. The predicted octanol–water partition coefficient (Wildman–Crippen LogP) is 1.60. The maximum Gasteiger partial charge on any atom is 0.124 e. The molecule has 1 aliphatic heterocycles. The minimum atomic E-state index is 0.295. The van der Waals surface area contributed by atoms with Crippen molar-refractivity contribution < 1.29 is 4.79 Å². The molecule has 1 saturated heterocycles. The number of carbonyl (C=O) groups is 1. The lowest BCUT2D eigenvalue weighted by Gasteiger charge is -2.16. The van der Waals surface area contributed by atoms with Crippen molar-refractivity contribution in [3.63, 3.8) is 0 Å². The third kappa shape index (κ3) is 6.05. The molecule has 0 radical (unpaired) electrons. The Kier molecular flexibility index (Phi) is 7.47. The van der Waals surface area contributed by atoms with E-state index in [1.165, 1.54) is 6.42 Å². The van der Waals surface area contributed by atoms with Crippen LogP contribution in [0.3, 0.4) is 0 Å². The van der Waals surface area contributed by atoms with E-state index >= 15 is 0 Å². The van der Waals surface area contributed by atoms with Gasteiger partial charge in [0.25, 0.3) is 0 Å². The van der Waals surface area contributed by atoms with E-state index < -0.39 is 0 Å². The van der Waals surface area contributed by atoms with Gasteiger partial charge in [-0.2, -0.15) is 0 Å². The number of piperidine rings is 1. The highest BCUT2D eigenvalue weighted by atomic mass is 16.1. The van der Waals surface area contributed by atoms with Crippen molar-refractivity contribution >= 4 is 6.29 Å². The summed E-state index contributed by atoms with van der Waals surface area (Å²) >= 11 is 0. The van der Waals surface area contributed by atoms with Crippen molar-refractivity contribution in [2.24, 2.45) is 5.92 Å². The molecule has 2 heteroatoms. The van der Waals surface area contributed by atoms with Gasteiger partial charge >= 0.3 is 0 Å². The summed E-state index contributed by atoms with van der Waals surface area (Å²) in [5, 5.41) is 3.15. The minimum Gasteiger partial charge on any atom is -0.316 e. The molecule has 11 heavy (non-hydrogen) atoms. The van der Waals surface area contributed by atoms with Crippen LogP contribution in [0.15, 0.2) is 0 Å². The molecule has 1 N–H and O–H groups in total. The molecule has 0 amide bonds. The van der Waals surface area contributed by atoms with Crippen LogP contribution < -0.4 is 5.32 Å². The maximum absolute atomic E-state index is 10.1. The largest absolute Gasteiger partial charge is 0.316 e. The van der Waals surface area contributed by atoms with Gasteiger partial charge in [-0.25, -0.2) is 0 Å². The molecule has 2 nitrogen and oxygen atoms in total. The molecule has 0 spiro atoms. The Morgan fingerprint density at radius 2 is 2.18 bits per heavy atom. The fourth-order valence-electron chi connectivity index (χ4n) is 0.995. The summed E-state index contributed by atoms with van der Waals surface area (Å²) < 4.78 is 0. The molecule has 1 fully saturated rings. The van der Waals surface area contributed by atoms with Gasteiger partial charge in [0, 0.05) is 12.5 Å². The van der Waals surface area contributed by atoms with E-state index in [4.69, 9.17) is 0 Å². The van der Waals surface area contributed by atoms with Gasteiger partial charge < -0.3 is 10.1 Å². The summed E-state index contributed by atoms with van der Waals surface area (Å²) in [5.41, 5.74) is 0. The SMILES string of the molecule is CCC.O=C[C@@H]1CCCNC1. The van der Waals surface area contributed by atoms with Crippen LogP contribution in [0.1, 0.15) is 33.1 Å². The van der Waals surface area contributed by atoms with E-state index in [9.17, 15) is 4.79 Å². The standard InChI is InChI=1S/C6H11NO.C3H8/c8-5-6-2-1-3-7-4-6;1-3-2/h5-7H,1-4H2;3H2,1-2H3/t6-;/m1./s1. The molecule has 1 rings (SSSR count). The maximum atomic E-state index is 10.1. The van der Waals surface area contributed by atoms with E-state index in [0.29, 0.717) is 5.92 Å². The number of hydrogen-bond donors (Lipinski definition) is 1. The molecule has 0 aliphatic carbocycles. The third-order valence-corrected chi connectivity index (χ3v) is 1.53. The second kappa shape index (κ2) is 7.73. The zero-order chi connectivity index (χ0) is 8.53. The van der Waals surface area contributed by atoms with Crippen LogP contribution in [0.5, 0.6) is 0 Å². The second-order valence-electron chi connectivity index (χ2n) is 2.95. The number of aldehydes is 1. The quantitative estimate of drug-likeness (QED) is 0.586. The fourth-order valence-corrected chi connectivity index (χ4v) is 0.995. The lowest BCUT2D eigenvalue weighted by Crippen LogP contribution is -2.30. The zero-order valence-corrected chi connectivity index (χ0v) is 7.60. The summed E-state index contributed by atoms with van der Waals surface area (Å²) in [6, 6.07) is 0. The summed E-state index contributed by atoms with van der Waals surface area (Å²) in [4.78, 5) is 10.1. The number of rotatable bonds is 1. The zero-order valence-electron chi connectivity index (χ0n) is 7.60. The number of nitrogens with one attached hydrogen (secondary N) is 1. The first-order chi connectivity index (χ1) is 5.35. The van der Waals surface area contributed by atoms with E-state index in [0.717, 1.165) is 32.2 Å². The first kappa shape index (κ1) is 10.6. The van der Waals surface area contributed by atoms with E-state index in [1.54, 1.807) is 0 Å². The Morgan fingerprint density at radius 1 is 1.55 bits per heavy atom. The van der Waals surface area contributed by atoms with Crippen LogP contribution in [-0.4, -0.2) is 19.4 Å². The van der Waals surface area contributed by atoms with Gasteiger partial charge in [0.05, 0.1) is 0 Å². The van der Waals surface area contributed by atoms with Crippen molar-refractivity contribution in [3.05, 3.63) is 0 Å². The highest BCUT2D eigenvalue weighted by Gasteiger charge is 2.09. The van der Waals surface area contributed by atoms with Gasteiger partial charge in [0.1, 0.15) is 6.29 Å². The van der Waals surface area contributed by atoms with Crippen molar-refractivity contribution in [3.8, 4) is 0 Å². The molecule has 0 aromatic carbocycles. The molecule has 66 valence electrons. The van der Waals surface area contributed by atoms with Gasteiger partial charge in [-0.3, -0.25) is 0 Å². The van der Waals surface area contributed by atoms with Crippen LogP contribution in [0.4, 0.5) is 0 Å². The third-order valence-electron chi connectivity index (χ3n) is 1.53. The molecule has 1 heterocycles. The van der Waals surface area contributed by atoms with Gasteiger partial charge in [0.15, 0.2) is 0 Å². The topological polar surface area (TPSA) is 29.1 Å². The summed E-state index contributed by atoms with van der Waals surface area (Å²) in [6.07, 6.45) is 4.53. The van der Waals surface area contributed by atoms with Crippen LogP contribution in [0.2, 0.25) is 0 Å². The Labute approximate surface area is 69.4 Å². The number of hydrogen-bond acceptors (Lipinski definition) is 2. The summed E-state index contributed by atoms with van der Waals surface area (Å²) in [6.45, 7) is 6.23. The Morgan fingerprint density at radius 3 is 2.45 bits per heavy atom. The van der Waals surface area contributed by atoms with Crippen molar-refractivity contribution in [1.82, 2.24) is 5.32 Å². The monoisotopic (exact) mass is 157 g/mol. The highest BCUT2D eigenvalue weighted by Crippen LogP contribution is 2.05. The molecule has 0 aromatic rings. The summed E-state index contributed by atoms with van der Waals surface area (Å²) in [7, 11) is 0. The van der Waals surface area contributed by atoms with Crippen LogP contribution in [0.25, 0.3) is 0 Å². The molecule has 0 bridgehead atoms. The molecule has 0 unspecified atom stereocenters. The Hall–Kier alpha value is -0.370. The van der Waals surface area contributed by atoms with Crippen LogP contribution >= 0.6 is 0 Å². The fraction of sp³-hybridized carbons (Fsp3) is 0.889. The van der Waals surface area contributed by atoms with E-state index in [-0.39, 0.29) is 0 Å². The van der Waals surface area contributed by atoms with Crippen molar-refractivity contribution in [2.75, 3.05) is 13.1 Å². The van der Waals surface area contributed by atoms with E-state index in [2.05, 4.69) is 19.2 Å². The van der Waals surface area contributed by atoms with Gasteiger partial charge in [-0.05, 0) is 19.4 Å². The van der Waals surface area contributed by atoms with Crippen LogP contribution in [0, 0.1) is 5.92 Å². The second-order valence-corrected chi connectivity index (χ2v) is 2.95. The smallest absolute Gasteiger partial charge is 0.124 e. The average Bonchev–Trinajstić information content (AvgIpc) is 2.08. The van der Waals surface area contributed by atoms with Gasteiger partial charge in [-0.15, -0.1) is 0 Å². The lowest BCUT2D eigenvalue weighted by molar-refractivity contribution is -0.111. The van der Waals surface area contributed by atoms with Crippen molar-refractivity contribution in [1.29, 1.82) is 0 Å². The van der Waals surface area contributed by atoms with Gasteiger partial charge in [0.2, 0.25) is 0 Å². The van der Waals surface area contributed by atoms with Crippen molar-refractivity contribution in [2.45, 2.75) is 33.1 Å². The normalized spacial score (nSPS) is 23.3. The molecule has 0 saturated carbocycles. The molecule has 0 aromatic heterocycles. The van der Waals surface area contributed by atoms with Crippen LogP contribution in [-0.2, 0) is 4.79 Å². The first-order valence-corrected chi connectivity index (χ1v) is 4.51. The lowest BCUT2D eigenvalue weighted by atomic mass is 10.0. The molecular weight excluding hydrogens is 138 g/mol. The van der Waals surface area contributed by atoms with E-state index in [1.807, 2.05) is 0 Å². The first-order valence-electron chi connectivity index (χ1n) is 4.51. The number of carbonyl (C=O) groups excluding carboxylic acids is 1. The average molecular weight is 157 g/mol. The molecule has 1 atom stereocenters. The minimum absolute atomic E-state index is 0.295. The molecular formula is C9H19NO. The molecule has 1 aliphatic rings. The Balaban J connectivity index is 0.000000292. The summed E-state index contributed by atoms with van der Waals surface area (Å²) in [5.74, 6) is 0.295.